The second-order valence-corrected chi connectivity index (χ2v) is 2.84. The summed E-state index contributed by atoms with van der Waals surface area (Å²) >= 11 is 0. The van der Waals surface area contributed by atoms with E-state index in [1.54, 1.807) is 6.92 Å². The molecule has 2 N–H and O–H groups in total. The fourth-order valence-corrected chi connectivity index (χ4v) is 1.18. The lowest BCUT2D eigenvalue weighted by Crippen LogP contribution is -2.35. The number of carbonyl (C=O) groups is 2. The lowest BCUT2D eigenvalue weighted by Gasteiger charge is -2.13. The molecule has 11 heavy (non-hydrogen) atoms. The maximum Gasteiger partial charge on any atom is 0.308 e. The average Bonchev–Trinajstić information content (AvgIpc) is 2.34. The summed E-state index contributed by atoms with van der Waals surface area (Å²) in [6.45, 7) is 1.61. The summed E-state index contributed by atoms with van der Waals surface area (Å²) in [5.41, 5.74) is 0. The van der Waals surface area contributed by atoms with Crippen LogP contribution in [0.5, 0.6) is 0 Å². The highest BCUT2D eigenvalue weighted by Gasteiger charge is 2.29. The van der Waals surface area contributed by atoms with Gasteiger partial charge in [-0.1, -0.05) is 0 Å². The molecule has 4 heteroatoms. The first-order valence-corrected chi connectivity index (χ1v) is 3.63. The van der Waals surface area contributed by atoms with Crippen LogP contribution in [0.4, 0.5) is 0 Å². The van der Waals surface area contributed by atoms with Crippen molar-refractivity contribution in [3.05, 3.63) is 0 Å². The highest BCUT2D eigenvalue weighted by atomic mass is 16.4. The molecule has 4 nitrogen and oxygen atoms in total. The predicted octanol–water partition coefficient (Wildman–Crippen LogP) is -0.0143. The number of carboxylic acids is 1. The van der Waals surface area contributed by atoms with Gasteiger partial charge < -0.3 is 10.4 Å². The van der Waals surface area contributed by atoms with E-state index in [1.807, 2.05) is 0 Å². The molecule has 0 unspecified atom stereocenters. The molecule has 0 radical (unpaired) electrons. The van der Waals surface area contributed by atoms with Crippen LogP contribution in [0.15, 0.2) is 0 Å². The molecule has 0 saturated carbocycles. The third-order valence-electron chi connectivity index (χ3n) is 2.02. The average molecular weight is 157 g/mol. The monoisotopic (exact) mass is 157 g/mol. The maximum absolute atomic E-state index is 10.7. The Bertz CT molecular complexity index is 190. The summed E-state index contributed by atoms with van der Waals surface area (Å²) in [7, 11) is 0. The van der Waals surface area contributed by atoms with Gasteiger partial charge in [0.2, 0.25) is 5.91 Å². The Morgan fingerprint density at radius 2 is 2.45 bits per heavy atom. The highest BCUT2D eigenvalue weighted by molar-refractivity contribution is 5.80. The van der Waals surface area contributed by atoms with E-state index in [-0.39, 0.29) is 11.9 Å². The molecule has 1 amide bonds. The zero-order valence-electron chi connectivity index (χ0n) is 6.33. The molecule has 1 fully saturated rings. The standard InChI is InChI=1S/C7H11NO3/c1-4(7(10)11)5-2-3-6(9)8-5/h4-5H,2-3H2,1H3,(H,8,9)(H,10,11)/t4-,5-/m0/s1. The van der Waals surface area contributed by atoms with E-state index in [1.165, 1.54) is 0 Å². The third-order valence-corrected chi connectivity index (χ3v) is 2.02. The molecule has 1 aliphatic rings. The number of nitrogens with one attached hydrogen (secondary N) is 1. The second kappa shape index (κ2) is 2.90. The van der Waals surface area contributed by atoms with Crippen molar-refractivity contribution in [2.45, 2.75) is 25.8 Å². The summed E-state index contributed by atoms with van der Waals surface area (Å²) in [6.07, 6.45) is 1.11. The molecule has 0 aliphatic carbocycles. The number of rotatable bonds is 2. The first kappa shape index (κ1) is 8.04. The molecular weight excluding hydrogens is 146 g/mol. The van der Waals surface area contributed by atoms with Crippen molar-refractivity contribution in [1.29, 1.82) is 0 Å². The Kier molecular flexibility index (Phi) is 2.12. The normalized spacial score (nSPS) is 26.3. The smallest absolute Gasteiger partial charge is 0.308 e. The molecule has 0 aromatic heterocycles. The lowest BCUT2D eigenvalue weighted by molar-refractivity contribution is -0.142. The number of carboxylic acid groups (broad SMARTS) is 1. The van der Waals surface area contributed by atoms with Crippen LogP contribution in [0.1, 0.15) is 19.8 Å². The van der Waals surface area contributed by atoms with Gasteiger partial charge in [-0.05, 0) is 13.3 Å². The fourth-order valence-electron chi connectivity index (χ4n) is 1.18. The number of hydrogen-bond acceptors (Lipinski definition) is 2. The maximum atomic E-state index is 10.7. The zero-order valence-corrected chi connectivity index (χ0v) is 6.33. The second-order valence-electron chi connectivity index (χ2n) is 2.84. The largest absolute Gasteiger partial charge is 0.481 e. The Balaban J connectivity index is 2.49. The summed E-state index contributed by atoms with van der Waals surface area (Å²) in [5.74, 6) is -1.36. The molecular formula is C7H11NO3. The van der Waals surface area contributed by atoms with Gasteiger partial charge in [0.05, 0.1) is 5.92 Å². The molecule has 1 heterocycles. The van der Waals surface area contributed by atoms with Crippen molar-refractivity contribution >= 4 is 11.9 Å². The molecule has 0 spiro atoms. The minimum absolute atomic E-state index is 0.0388. The minimum Gasteiger partial charge on any atom is -0.481 e. The van der Waals surface area contributed by atoms with Gasteiger partial charge in [-0.2, -0.15) is 0 Å². The Morgan fingerprint density at radius 3 is 2.82 bits per heavy atom. The molecule has 0 bridgehead atoms. The Labute approximate surface area is 64.6 Å². The number of hydrogen-bond donors (Lipinski definition) is 2. The Morgan fingerprint density at radius 1 is 1.82 bits per heavy atom. The van der Waals surface area contributed by atoms with Crippen LogP contribution in [-0.4, -0.2) is 23.0 Å². The van der Waals surface area contributed by atoms with Crippen molar-refractivity contribution in [2.24, 2.45) is 5.92 Å². The van der Waals surface area contributed by atoms with Gasteiger partial charge in [0.25, 0.3) is 0 Å². The van der Waals surface area contributed by atoms with Gasteiger partial charge in [-0.25, -0.2) is 0 Å². The molecule has 62 valence electrons. The van der Waals surface area contributed by atoms with Crippen molar-refractivity contribution in [1.82, 2.24) is 5.32 Å². The van der Waals surface area contributed by atoms with Crippen LogP contribution >= 0.6 is 0 Å². The van der Waals surface area contributed by atoms with Gasteiger partial charge in [-0.3, -0.25) is 9.59 Å². The highest BCUT2D eigenvalue weighted by Crippen LogP contribution is 2.15. The van der Waals surface area contributed by atoms with Crippen molar-refractivity contribution in [2.75, 3.05) is 0 Å². The number of amides is 1. The van der Waals surface area contributed by atoms with E-state index in [2.05, 4.69) is 5.32 Å². The minimum atomic E-state index is -0.850. The lowest BCUT2D eigenvalue weighted by atomic mass is 10.0. The van der Waals surface area contributed by atoms with E-state index in [0.717, 1.165) is 0 Å². The fraction of sp³-hybridized carbons (Fsp3) is 0.714. The third kappa shape index (κ3) is 1.69. The molecule has 0 aromatic carbocycles. The van der Waals surface area contributed by atoms with E-state index >= 15 is 0 Å². The van der Waals surface area contributed by atoms with Crippen LogP contribution in [0, 0.1) is 5.92 Å². The van der Waals surface area contributed by atoms with Gasteiger partial charge in [0.1, 0.15) is 0 Å². The van der Waals surface area contributed by atoms with Crippen LogP contribution in [0.25, 0.3) is 0 Å². The van der Waals surface area contributed by atoms with Gasteiger partial charge in [0.15, 0.2) is 0 Å². The van der Waals surface area contributed by atoms with Gasteiger partial charge in [0, 0.05) is 12.5 Å². The topological polar surface area (TPSA) is 66.4 Å². The molecule has 1 saturated heterocycles. The van der Waals surface area contributed by atoms with Crippen LogP contribution < -0.4 is 5.32 Å². The molecule has 1 aliphatic heterocycles. The molecule has 0 aromatic rings. The van der Waals surface area contributed by atoms with E-state index < -0.39 is 11.9 Å². The van der Waals surface area contributed by atoms with E-state index in [0.29, 0.717) is 12.8 Å². The quantitative estimate of drug-likeness (QED) is 0.592. The summed E-state index contributed by atoms with van der Waals surface area (Å²) in [6, 6.07) is -0.167. The van der Waals surface area contributed by atoms with Gasteiger partial charge in [-0.15, -0.1) is 0 Å². The molecule has 1 rings (SSSR count). The van der Waals surface area contributed by atoms with Crippen LogP contribution in [-0.2, 0) is 9.59 Å². The van der Waals surface area contributed by atoms with E-state index in [9.17, 15) is 9.59 Å². The van der Waals surface area contributed by atoms with E-state index in [4.69, 9.17) is 5.11 Å². The zero-order chi connectivity index (χ0) is 8.43. The summed E-state index contributed by atoms with van der Waals surface area (Å²) in [5, 5.41) is 11.2. The predicted molar refractivity (Wildman–Crippen MR) is 38.0 cm³/mol. The van der Waals surface area contributed by atoms with Crippen LogP contribution in [0.3, 0.4) is 0 Å². The number of aliphatic carboxylic acids is 1. The van der Waals surface area contributed by atoms with Crippen molar-refractivity contribution in [3.63, 3.8) is 0 Å². The summed E-state index contributed by atoms with van der Waals surface area (Å²) in [4.78, 5) is 21.1. The molecule has 2 atom stereocenters. The SMILES string of the molecule is C[C@H](C(=O)O)[C@@H]1CCC(=O)N1. The van der Waals surface area contributed by atoms with Crippen LogP contribution in [0.2, 0.25) is 0 Å². The first-order chi connectivity index (χ1) is 5.11. The first-order valence-electron chi connectivity index (χ1n) is 3.63. The summed E-state index contributed by atoms with van der Waals surface area (Å²) < 4.78 is 0. The Hall–Kier alpha value is -1.06. The van der Waals surface area contributed by atoms with Crippen molar-refractivity contribution in [3.8, 4) is 0 Å². The van der Waals surface area contributed by atoms with Gasteiger partial charge >= 0.3 is 5.97 Å². The van der Waals surface area contributed by atoms with Crippen molar-refractivity contribution < 1.29 is 14.7 Å². The number of carbonyl (C=O) groups excluding carboxylic acids is 1.